The summed E-state index contributed by atoms with van der Waals surface area (Å²) in [4.78, 5) is 12.8. The smallest absolute Gasteiger partial charge is 0.319 e. The van der Waals surface area contributed by atoms with Crippen LogP contribution in [0.2, 0.25) is 0 Å². The predicted molar refractivity (Wildman–Crippen MR) is 85.3 cm³/mol. The number of hydrogen-bond donors (Lipinski definition) is 2. The fourth-order valence-electron chi connectivity index (χ4n) is 1.75. The number of aryl methyl sites for hydroxylation is 1. The lowest BCUT2D eigenvalue weighted by Crippen LogP contribution is -2.30. The minimum atomic E-state index is -0.436. The molecule has 0 bridgehead atoms. The quantitative estimate of drug-likeness (QED) is 0.646. The predicted octanol–water partition coefficient (Wildman–Crippen LogP) is 4.05. The van der Waals surface area contributed by atoms with Gasteiger partial charge in [-0.2, -0.15) is 0 Å². The normalized spacial score (nSPS) is 10.2. The van der Waals surface area contributed by atoms with Gasteiger partial charge in [0.1, 0.15) is 5.82 Å². The van der Waals surface area contributed by atoms with Crippen LogP contribution in [0.4, 0.5) is 14.9 Å². The highest BCUT2D eigenvalue weighted by molar-refractivity contribution is 7.99. The van der Waals surface area contributed by atoms with Crippen LogP contribution in [0.1, 0.15) is 5.56 Å². The molecule has 0 fully saturated rings. The summed E-state index contributed by atoms with van der Waals surface area (Å²) >= 11 is 1.66. The maximum atomic E-state index is 13.5. The highest BCUT2D eigenvalue weighted by atomic mass is 32.2. The first-order chi connectivity index (χ1) is 10.1. The monoisotopic (exact) mass is 304 g/mol. The largest absolute Gasteiger partial charge is 0.337 e. The maximum Gasteiger partial charge on any atom is 0.319 e. The van der Waals surface area contributed by atoms with Crippen molar-refractivity contribution >= 4 is 23.5 Å². The molecule has 2 rings (SSSR count). The van der Waals surface area contributed by atoms with Crippen LogP contribution in [-0.2, 0) is 0 Å². The van der Waals surface area contributed by atoms with Gasteiger partial charge in [-0.3, -0.25) is 0 Å². The summed E-state index contributed by atoms with van der Waals surface area (Å²) in [6.07, 6.45) is 0. The molecule has 3 nitrogen and oxygen atoms in total. The summed E-state index contributed by atoms with van der Waals surface area (Å²) in [6.45, 7) is 2.36. The van der Waals surface area contributed by atoms with E-state index in [1.54, 1.807) is 23.9 Å². The number of carbonyl (C=O) groups excluding carboxylic acids is 1. The Kier molecular flexibility index (Phi) is 5.63. The zero-order chi connectivity index (χ0) is 15.1. The molecule has 0 aliphatic rings. The molecular formula is C16H17FN2OS. The van der Waals surface area contributed by atoms with Crippen molar-refractivity contribution in [3.8, 4) is 0 Å². The molecule has 0 aromatic heterocycles. The molecule has 0 saturated heterocycles. The summed E-state index contributed by atoms with van der Waals surface area (Å²) < 4.78 is 13.5. The Morgan fingerprint density at radius 2 is 1.95 bits per heavy atom. The van der Waals surface area contributed by atoms with Gasteiger partial charge in [0, 0.05) is 17.2 Å². The van der Waals surface area contributed by atoms with Crippen molar-refractivity contribution in [3.63, 3.8) is 0 Å². The van der Waals surface area contributed by atoms with Crippen LogP contribution >= 0.6 is 11.8 Å². The van der Waals surface area contributed by atoms with Crippen LogP contribution in [0.15, 0.2) is 53.4 Å². The lowest BCUT2D eigenvalue weighted by atomic mass is 10.2. The third-order valence-corrected chi connectivity index (χ3v) is 3.78. The van der Waals surface area contributed by atoms with Gasteiger partial charge >= 0.3 is 6.03 Å². The third kappa shape index (κ3) is 5.11. The molecule has 0 unspecified atom stereocenters. The Morgan fingerprint density at radius 3 is 2.71 bits per heavy atom. The zero-order valence-corrected chi connectivity index (χ0v) is 12.5. The highest BCUT2D eigenvalue weighted by Crippen LogP contribution is 2.16. The molecule has 0 aliphatic heterocycles. The number of rotatable bonds is 5. The number of urea groups is 1. The number of halogens is 1. The van der Waals surface area contributed by atoms with E-state index in [2.05, 4.69) is 10.6 Å². The van der Waals surface area contributed by atoms with Crippen molar-refractivity contribution < 1.29 is 9.18 Å². The lowest BCUT2D eigenvalue weighted by Gasteiger charge is -2.09. The Hall–Kier alpha value is -2.01. The number of amides is 2. The molecule has 0 atom stereocenters. The second-order valence-corrected chi connectivity index (χ2v) is 5.69. The number of nitrogens with one attached hydrogen (secondary N) is 2. The van der Waals surface area contributed by atoms with Gasteiger partial charge in [-0.1, -0.05) is 24.3 Å². The van der Waals surface area contributed by atoms with E-state index in [1.807, 2.05) is 37.3 Å². The fourth-order valence-corrected chi connectivity index (χ4v) is 2.54. The highest BCUT2D eigenvalue weighted by Gasteiger charge is 2.06. The van der Waals surface area contributed by atoms with Crippen molar-refractivity contribution in [2.75, 3.05) is 17.6 Å². The average Bonchev–Trinajstić information content (AvgIpc) is 2.48. The molecule has 2 N–H and O–H groups in total. The van der Waals surface area contributed by atoms with Gasteiger partial charge in [0.05, 0.1) is 5.69 Å². The Morgan fingerprint density at radius 1 is 1.19 bits per heavy atom. The molecule has 110 valence electrons. The zero-order valence-electron chi connectivity index (χ0n) is 11.7. The van der Waals surface area contributed by atoms with E-state index in [0.29, 0.717) is 6.54 Å². The van der Waals surface area contributed by atoms with Gasteiger partial charge in [-0.25, -0.2) is 9.18 Å². The summed E-state index contributed by atoms with van der Waals surface area (Å²) in [6, 6.07) is 14.2. The summed E-state index contributed by atoms with van der Waals surface area (Å²) in [5.41, 5.74) is 1.09. The van der Waals surface area contributed by atoms with Crippen molar-refractivity contribution in [3.05, 3.63) is 59.9 Å². The number of hydrogen-bond acceptors (Lipinski definition) is 2. The number of benzene rings is 2. The first kappa shape index (κ1) is 15.4. The maximum absolute atomic E-state index is 13.5. The molecule has 2 amide bonds. The Labute approximate surface area is 127 Å². The van der Waals surface area contributed by atoms with Gasteiger partial charge in [-0.15, -0.1) is 11.8 Å². The SMILES string of the molecule is Cc1ccc(F)c(NC(=O)NCCSc2ccccc2)c1. The van der Waals surface area contributed by atoms with Crippen LogP contribution in [0.5, 0.6) is 0 Å². The van der Waals surface area contributed by atoms with Crippen molar-refractivity contribution in [2.24, 2.45) is 0 Å². The second kappa shape index (κ2) is 7.69. The van der Waals surface area contributed by atoms with Gasteiger partial charge < -0.3 is 10.6 Å². The number of carbonyl (C=O) groups is 1. The van der Waals surface area contributed by atoms with Crippen LogP contribution in [0.25, 0.3) is 0 Å². The van der Waals surface area contributed by atoms with E-state index in [0.717, 1.165) is 16.2 Å². The molecule has 0 aliphatic carbocycles. The topological polar surface area (TPSA) is 41.1 Å². The summed E-state index contributed by atoms with van der Waals surface area (Å²) in [5, 5.41) is 5.23. The van der Waals surface area contributed by atoms with Crippen molar-refractivity contribution in [1.82, 2.24) is 5.32 Å². The molecule has 21 heavy (non-hydrogen) atoms. The van der Waals surface area contributed by atoms with E-state index in [1.165, 1.54) is 6.07 Å². The third-order valence-electron chi connectivity index (χ3n) is 2.77. The van der Waals surface area contributed by atoms with Gasteiger partial charge in [0.2, 0.25) is 0 Å². The van der Waals surface area contributed by atoms with Crippen molar-refractivity contribution in [1.29, 1.82) is 0 Å². The van der Waals surface area contributed by atoms with E-state index < -0.39 is 11.8 Å². The summed E-state index contributed by atoms with van der Waals surface area (Å²) in [7, 11) is 0. The van der Waals surface area contributed by atoms with Gasteiger partial charge in [0.25, 0.3) is 0 Å². The second-order valence-electron chi connectivity index (χ2n) is 4.53. The number of thioether (sulfide) groups is 1. The summed E-state index contributed by atoms with van der Waals surface area (Å²) in [5.74, 6) is 0.322. The molecular weight excluding hydrogens is 287 g/mol. The first-order valence-corrected chi connectivity index (χ1v) is 7.62. The standard InChI is InChI=1S/C16H17FN2OS/c1-12-7-8-14(17)15(11-12)19-16(20)18-9-10-21-13-5-3-2-4-6-13/h2-8,11H,9-10H2,1H3,(H2,18,19,20). The molecule has 0 heterocycles. The molecule has 2 aromatic rings. The van der Waals surface area contributed by atoms with Crippen molar-refractivity contribution in [2.45, 2.75) is 11.8 Å². The Balaban J connectivity index is 1.74. The van der Waals surface area contributed by atoms with E-state index in [4.69, 9.17) is 0 Å². The Bertz CT molecular complexity index is 604. The molecule has 2 aromatic carbocycles. The average molecular weight is 304 g/mol. The first-order valence-electron chi connectivity index (χ1n) is 6.64. The van der Waals surface area contributed by atoms with E-state index in [-0.39, 0.29) is 5.69 Å². The molecule has 5 heteroatoms. The minimum absolute atomic E-state index is 0.197. The molecule has 0 saturated carbocycles. The van der Waals surface area contributed by atoms with E-state index >= 15 is 0 Å². The van der Waals surface area contributed by atoms with E-state index in [9.17, 15) is 9.18 Å². The van der Waals surface area contributed by atoms with Crippen LogP contribution in [0, 0.1) is 12.7 Å². The van der Waals surface area contributed by atoms with Crippen LogP contribution in [-0.4, -0.2) is 18.3 Å². The van der Waals surface area contributed by atoms with Gasteiger partial charge in [-0.05, 0) is 36.8 Å². The van der Waals surface area contributed by atoms with Crippen LogP contribution in [0.3, 0.4) is 0 Å². The lowest BCUT2D eigenvalue weighted by molar-refractivity contribution is 0.252. The fraction of sp³-hybridized carbons (Fsp3) is 0.188. The van der Waals surface area contributed by atoms with Gasteiger partial charge in [0.15, 0.2) is 0 Å². The molecule has 0 radical (unpaired) electrons. The number of anilines is 1. The molecule has 0 spiro atoms. The minimum Gasteiger partial charge on any atom is -0.337 e. The van der Waals surface area contributed by atoms with Crippen LogP contribution < -0.4 is 10.6 Å².